The van der Waals surface area contributed by atoms with E-state index in [0.717, 1.165) is 50.1 Å². The van der Waals surface area contributed by atoms with E-state index in [0.29, 0.717) is 0 Å². The number of fused-ring (bicyclic) bond motifs is 16. The minimum atomic E-state index is -0.450. The van der Waals surface area contributed by atoms with Crippen molar-refractivity contribution in [2.24, 2.45) is 0 Å². The molecule has 10 aromatic carbocycles. The Morgan fingerprint density at radius 2 is 0.879 bits per heavy atom. The molecule has 0 atom stereocenters. The van der Waals surface area contributed by atoms with Crippen molar-refractivity contribution in [2.75, 3.05) is 4.90 Å². The Morgan fingerprint density at radius 1 is 0.348 bits per heavy atom. The van der Waals surface area contributed by atoms with Gasteiger partial charge in [0.15, 0.2) is 0 Å². The molecule has 0 amide bonds. The van der Waals surface area contributed by atoms with Gasteiger partial charge in [-0.15, -0.1) is 0 Å². The van der Waals surface area contributed by atoms with Crippen LogP contribution in [-0.2, 0) is 10.8 Å². The minimum Gasteiger partial charge on any atom is -0.455 e. The molecule has 0 N–H and O–H groups in total. The lowest BCUT2D eigenvalue weighted by Gasteiger charge is -2.32. The van der Waals surface area contributed by atoms with Crippen LogP contribution in [-0.4, -0.2) is 0 Å². The second-order valence-electron chi connectivity index (χ2n) is 18.7. The summed E-state index contributed by atoms with van der Waals surface area (Å²) in [4.78, 5) is 2.52. The van der Waals surface area contributed by atoms with Crippen LogP contribution in [0.25, 0.3) is 77.6 Å². The molecule has 3 aliphatic carbocycles. The van der Waals surface area contributed by atoms with Crippen LogP contribution in [0.4, 0.5) is 17.1 Å². The zero-order valence-electron chi connectivity index (χ0n) is 36.7. The van der Waals surface area contributed by atoms with E-state index in [1.54, 1.807) is 0 Å². The summed E-state index contributed by atoms with van der Waals surface area (Å²) < 4.78 is 6.54. The zero-order chi connectivity index (χ0) is 43.7. The molecule has 0 fully saturated rings. The van der Waals surface area contributed by atoms with Crippen molar-refractivity contribution >= 4 is 39.0 Å². The lowest BCUT2D eigenvalue weighted by molar-refractivity contribution is 0.660. The van der Waals surface area contributed by atoms with Gasteiger partial charge in [0.05, 0.1) is 11.1 Å². The number of nitrogens with zero attached hydrogens (tertiary/aromatic N) is 1. The van der Waals surface area contributed by atoms with Gasteiger partial charge in [0, 0.05) is 38.7 Å². The molecule has 2 heteroatoms. The van der Waals surface area contributed by atoms with E-state index in [2.05, 4.69) is 237 Å². The van der Waals surface area contributed by atoms with E-state index in [1.807, 2.05) is 6.07 Å². The third kappa shape index (κ3) is 4.96. The number of hydrogen-bond acceptors (Lipinski definition) is 2. The summed E-state index contributed by atoms with van der Waals surface area (Å²) in [7, 11) is 0. The molecule has 2 nitrogen and oxygen atoms in total. The van der Waals surface area contributed by atoms with Crippen LogP contribution in [0.3, 0.4) is 0 Å². The van der Waals surface area contributed by atoms with E-state index in [4.69, 9.17) is 4.42 Å². The summed E-state index contributed by atoms with van der Waals surface area (Å²) in [6.45, 7) is 4.78. The maximum Gasteiger partial charge on any atom is 0.143 e. The van der Waals surface area contributed by atoms with Gasteiger partial charge in [0.2, 0.25) is 0 Å². The maximum absolute atomic E-state index is 6.54. The summed E-state index contributed by atoms with van der Waals surface area (Å²) in [5.74, 6) is 0. The van der Waals surface area contributed by atoms with Crippen LogP contribution in [0.2, 0.25) is 0 Å². The van der Waals surface area contributed by atoms with Gasteiger partial charge < -0.3 is 9.32 Å². The highest BCUT2D eigenvalue weighted by Crippen LogP contribution is 2.65. The van der Waals surface area contributed by atoms with Crippen LogP contribution in [0.1, 0.15) is 47.2 Å². The molecule has 310 valence electrons. The molecule has 14 rings (SSSR count). The molecule has 0 aliphatic heterocycles. The van der Waals surface area contributed by atoms with Crippen LogP contribution in [0, 0.1) is 0 Å². The number of para-hydroxylation sites is 2. The molecule has 1 aromatic heterocycles. The summed E-state index contributed by atoms with van der Waals surface area (Å²) in [6, 6.07) is 83.2. The van der Waals surface area contributed by atoms with Gasteiger partial charge in [0.25, 0.3) is 0 Å². The van der Waals surface area contributed by atoms with Gasteiger partial charge in [-0.3, -0.25) is 0 Å². The SMILES string of the molecule is CC1(C)c2cc(-c3ccccc3)ccc2-c2ccc(N(c3ccc(-c4cccc5c4oc4ccccc45)cc3)c3cccc4c3-c3ccccc3C43c4ccccc4-c4ccccc43)cc21. The van der Waals surface area contributed by atoms with Gasteiger partial charge >= 0.3 is 0 Å². The second-order valence-corrected chi connectivity index (χ2v) is 18.7. The number of hydrogen-bond donors (Lipinski definition) is 0. The Morgan fingerprint density at radius 3 is 1.64 bits per heavy atom. The van der Waals surface area contributed by atoms with Gasteiger partial charge in [-0.1, -0.05) is 196 Å². The first-order valence-corrected chi connectivity index (χ1v) is 23.1. The van der Waals surface area contributed by atoms with Gasteiger partial charge in [0.1, 0.15) is 11.2 Å². The Kier molecular flexibility index (Phi) is 7.70. The smallest absolute Gasteiger partial charge is 0.143 e. The average Bonchev–Trinajstić information content (AvgIpc) is 4.07. The molecular weight excluding hydrogens is 799 g/mol. The first-order chi connectivity index (χ1) is 32.5. The standard InChI is InChI=1S/C64H43NO/c1-63(2)57-38-42(40-16-4-3-5-17-40)32-36-48(57)49-37-35-44(39-58(49)63)65(43-33-30-41(31-34-43)45-22-14-23-51-50-20-9-13-29-60(50)66-62(45)51)59-28-15-27-56-61(59)52-21-8-12-26-55(52)64(56)53-24-10-6-18-46(53)47-19-7-11-25-54(47)64/h3-39H,1-2H3. The number of rotatable bonds is 5. The van der Waals surface area contributed by atoms with Gasteiger partial charge in [-0.05, 0) is 120 Å². The predicted octanol–water partition coefficient (Wildman–Crippen LogP) is 17.0. The van der Waals surface area contributed by atoms with Crippen molar-refractivity contribution in [3.63, 3.8) is 0 Å². The third-order valence-corrected chi connectivity index (χ3v) is 15.1. The topological polar surface area (TPSA) is 16.4 Å². The normalized spacial score (nSPS) is 14.2. The van der Waals surface area contributed by atoms with Crippen molar-refractivity contribution in [3.05, 3.63) is 258 Å². The van der Waals surface area contributed by atoms with Crippen LogP contribution in [0.15, 0.2) is 229 Å². The molecule has 1 spiro atoms. The van der Waals surface area contributed by atoms with E-state index in [1.165, 1.54) is 77.9 Å². The molecule has 0 unspecified atom stereocenters. The quantitative estimate of drug-likeness (QED) is 0.172. The van der Waals surface area contributed by atoms with Gasteiger partial charge in [-0.25, -0.2) is 0 Å². The Hall–Kier alpha value is -8.20. The highest BCUT2D eigenvalue weighted by Gasteiger charge is 2.52. The van der Waals surface area contributed by atoms with E-state index in [9.17, 15) is 0 Å². The summed E-state index contributed by atoms with van der Waals surface area (Å²) in [5.41, 5.74) is 25.0. The largest absolute Gasteiger partial charge is 0.455 e. The molecule has 0 saturated heterocycles. The first kappa shape index (κ1) is 37.2. The maximum atomic E-state index is 6.54. The second kappa shape index (κ2) is 13.7. The molecule has 11 aromatic rings. The summed E-state index contributed by atoms with van der Waals surface area (Å²) in [6.07, 6.45) is 0. The fourth-order valence-electron chi connectivity index (χ4n) is 12.2. The number of benzene rings is 10. The minimum absolute atomic E-state index is 0.223. The average molecular weight is 842 g/mol. The van der Waals surface area contributed by atoms with Crippen molar-refractivity contribution in [1.82, 2.24) is 0 Å². The predicted molar refractivity (Wildman–Crippen MR) is 273 cm³/mol. The van der Waals surface area contributed by atoms with Crippen molar-refractivity contribution in [3.8, 4) is 55.6 Å². The molecule has 1 heterocycles. The fourth-order valence-corrected chi connectivity index (χ4v) is 12.2. The summed E-state index contributed by atoms with van der Waals surface area (Å²) >= 11 is 0. The Bertz CT molecular complexity index is 3750. The zero-order valence-corrected chi connectivity index (χ0v) is 36.7. The first-order valence-electron chi connectivity index (χ1n) is 23.1. The Labute approximate surface area is 384 Å². The van der Waals surface area contributed by atoms with Crippen molar-refractivity contribution < 1.29 is 4.42 Å². The third-order valence-electron chi connectivity index (χ3n) is 15.1. The van der Waals surface area contributed by atoms with Crippen LogP contribution in [0.5, 0.6) is 0 Å². The van der Waals surface area contributed by atoms with Gasteiger partial charge in [-0.2, -0.15) is 0 Å². The molecule has 0 bridgehead atoms. The monoisotopic (exact) mass is 841 g/mol. The fraction of sp³-hybridized carbons (Fsp3) is 0.0625. The summed E-state index contributed by atoms with van der Waals surface area (Å²) in [5, 5.41) is 2.27. The number of furan rings is 1. The lowest BCUT2D eigenvalue weighted by atomic mass is 9.70. The highest BCUT2D eigenvalue weighted by molar-refractivity contribution is 6.10. The number of anilines is 3. The van der Waals surface area contributed by atoms with Crippen molar-refractivity contribution in [2.45, 2.75) is 24.7 Å². The van der Waals surface area contributed by atoms with Crippen molar-refractivity contribution in [1.29, 1.82) is 0 Å². The molecule has 0 saturated carbocycles. The van der Waals surface area contributed by atoms with E-state index in [-0.39, 0.29) is 5.41 Å². The molecule has 3 aliphatic rings. The molecule has 0 radical (unpaired) electrons. The highest BCUT2D eigenvalue weighted by atomic mass is 16.3. The Balaban J connectivity index is 0.986. The van der Waals surface area contributed by atoms with Crippen LogP contribution >= 0.6 is 0 Å². The lowest BCUT2D eigenvalue weighted by Crippen LogP contribution is -2.26. The van der Waals surface area contributed by atoms with E-state index < -0.39 is 5.41 Å². The molecular formula is C64H43NO. The molecule has 66 heavy (non-hydrogen) atoms. The van der Waals surface area contributed by atoms with Crippen LogP contribution < -0.4 is 4.90 Å². The van der Waals surface area contributed by atoms with E-state index >= 15 is 0 Å².